The maximum Gasteiger partial charge on any atom is 0.335 e. The zero-order valence-electron chi connectivity index (χ0n) is 25.8. The Hall–Kier alpha value is -3.36. The van der Waals surface area contributed by atoms with E-state index in [1.54, 1.807) is 42.1 Å². The minimum Gasteiger partial charge on any atom is -0.493 e. The summed E-state index contributed by atoms with van der Waals surface area (Å²) in [4.78, 5) is 36.7. The van der Waals surface area contributed by atoms with Gasteiger partial charge in [0, 0.05) is 27.2 Å². The van der Waals surface area contributed by atoms with E-state index in [1.165, 1.54) is 7.11 Å². The van der Waals surface area contributed by atoms with Gasteiger partial charge in [0.2, 0.25) is 12.2 Å². The van der Waals surface area contributed by atoms with Gasteiger partial charge in [0.25, 0.3) is 0 Å². The first-order valence-corrected chi connectivity index (χ1v) is 14.9. The molecule has 1 amide bonds. The van der Waals surface area contributed by atoms with Crippen LogP contribution >= 0.6 is 11.8 Å². The predicted molar refractivity (Wildman–Crippen MR) is 163 cm³/mol. The molecule has 5 atom stereocenters. The number of carboxylic acids is 1. The van der Waals surface area contributed by atoms with Gasteiger partial charge in [-0.2, -0.15) is 11.8 Å². The number of ether oxygens (including phenoxy) is 4. The number of methoxy groups -OCH3 is 1. The number of anilines is 1. The number of benzene rings is 2. The fourth-order valence-electron chi connectivity index (χ4n) is 4.00. The zero-order chi connectivity index (χ0) is 33.0. The number of rotatable bonds is 10. The molecule has 1 aliphatic heterocycles. The molecule has 0 bridgehead atoms. The van der Waals surface area contributed by atoms with Crippen LogP contribution < -0.4 is 14.8 Å². The average Bonchev–Trinajstić information content (AvgIpc) is 2.92. The van der Waals surface area contributed by atoms with E-state index in [0.717, 1.165) is 5.56 Å². The Bertz CT molecular complexity index is 1350. The number of thioether (sulfide) groups is 1. The number of hydrogen-bond donors (Lipinski definition) is 5. The highest BCUT2D eigenvalue weighted by Gasteiger charge is 2.48. The summed E-state index contributed by atoms with van der Waals surface area (Å²) in [5, 5.41) is 42.1. The molecule has 2 aromatic rings. The molecule has 44 heavy (non-hydrogen) atoms. The number of carboxylic acid groups (broad SMARTS) is 1. The van der Waals surface area contributed by atoms with E-state index >= 15 is 0 Å². The standard InChI is InChI=1S/C31H41NO11S/c1-30(2,3)29(39)32-18-9-11-19(17(14-18)15-44-31(4,5)6)41-21-12-16(8-10-20(21)40-7)13-22(33)42-28-25(36)23(34)24(35)26(43-28)27(37)38/h8-12,14,23-26,28,34-36H,13,15H2,1-7H3,(H,32,39)(H,37,38)/t23-,24-,25+,26-,28-/m1/s1. The number of aliphatic hydroxyl groups excluding tert-OH is 3. The van der Waals surface area contributed by atoms with Crippen molar-refractivity contribution in [2.75, 3.05) is 12.4 Å². The predicted octanol–water partition coefficient (Wildman–Crippen LogP) is 3.48. The number of hydrogen-bond acceptors (Lipinski definition) is 11. The molecule has 0 aromatic heterocycles. The lowest BCUT2D eigenvalue weighted by molar-refractivity contribution is -0.286. The quantitative estimate of drug-likeness (QED) is 0.240. The van der Waals surface area contributed by atoms with Crippen LogP contribution in [0.2, 0.25) is 0 Å². The molecule has 1 aliphatic rings. The van der Waals surface area contributed by atoms with E-state index in [9.17, 15) is 34.8 Å². The van der Waals surface area contributed by atoms with Gasteiger partial charge in [0.1, 0.15) is 24.1 Å². The van der Waals surface area contributed by atoms with Crippen LogP contribution in [0, 0.1) is 5.41 Å². The highest BCUT2D eigenvalue weighted by molar-refractivity contribution is 7.99. The minimum atomic E-state index is -1.91. The highest BCUT2D eigenvalue weighted by atomic mass is 32.2. The number of aliphatic hydroxyl groups is 3. The molecule has 1 heterocycles. The molecule has 0 spiro atoms. The van der Waals surface area contributed by atoms with Crippen LogP contribution in [-0.4, -0.2) is 80.8 Å². The van der Waals surface area contributed by atoms with Gasteiger partial charge in [-0.1, -0.05) is 47.6 Å². The smallest absolute Gasteiger partial charge is 0.335 e. The summed E-state index contributed by atoms with van der Waals surface area (Å²) < 4.78 is 21.9. The Morgan fingerprint density at radius 2 is 1.57 bits per heavy atom. The largest absolute Gasteiger partial charge is 0.493 e. The highest BCUT2D eigenvalue weighted by Crippen LogP contribution is 2.38. The average molecular weight is 636 g/mol. The minimum absolute atomic E-state index is 0.0475. The summed E-state index contributed by atoms with van der Waals surface area (Å²) in [6.07, 6.45) is -9.70. The molecule has 242 valence electrons. The van der Waals surface area contributed by atoms with Gasteiger partial charge in [-0.05, 0) is 35.9 Å². The van der Waals surface area contributed by atoms with Crippen LogP contribution in [0.3, 0.4) is 0 Å². The van der Waals surface area contributed by atoms with Crippen molar-refractivity contribution in [3.05, 3.63) is 47.5 Å². The van der Waals surface area contributed by atoms with Gasteiger partial charge in [-0.25, -0.2) is 4.79 Å². The van der Waals surface area contributed by atoms with Gasteiger partial charge in [0.05, 0.1) is 13.5 Å². The number of carbonyl (C=O) groups excluding carboxylic acids is 2. The van der Waals surface area contributed by atoms with Gasteiger partial charge in [-0.15, -0.1) is 0 Å². The Morgan fingerprint density at radius 3 is 2.16 bits per heavy atom. The van der Waals surface area contributed by atoms with Crippen LogP contribution in [-0.2, 0) is 36.0 Å². The third kappa shape index (κ3) is 9.32. The lowest BCUT2D eigenvalue weighted by atomic mass is 9.95. The summed E-state index contributed by atoms with van der Waals surface area (Å²) in [5.41, 5.74) is 1.30. The fourth-order valence-corrected chi connectivity index (χ4v) is 4.81. The maximum atomic E-state index is 12.7. The third-order valence-corrected chi connectivity index (χ3v) is 7.84. The third-order valence-electron chi connectivity index (χ3n) is 6.52. The van der Waals surface area contributed by atoms with Crippen molar-refractivity contribution in [2.24, 2.45) is 5.41 Å². The molecular formula is C31H41NO11S. The number of amides is 1. The molecule has 0 saturated carbocycles. The number of nitrogens with one attached hydrogen (secondary N) is 1. The Balaban J connectivity index is 1.83. The first kappa shape index (κ1) is 35.1. The van der Waals surface area contributed by atoms with Crippen LogP contribution in [0.1, 0.15) is 52.7 Å². The van der Waals surface area contributed by atoms with Crippen molar-refractivity contribution in [1.82, 2.24) is 0 Å². The van der Waals surface area contributed by atoms with E-state index in [0.29, 0.717) is 34.3 Å². The SMILES string of the molecule is COc1ccc(CC(=O)O[C@@H]2O[C@@H](C(=O)O)[C@H](O)[C@@H](O)[C@@H]2O)cc1Oc1ccc(NC(=O)C(C)(C)C)cc1CSC(C)(C)C. The lowest BCUT2D eigenvalue weighted by Gasteiger charge is -2.37. The zero-order valence-corrected chi connectivity index (χ0v) is 26.6. The van der Waals surface area contributed by atoms with Crippen LogP contribution in [0.5, 0.6) is 17.2 Å². The van der Waals surface area contributed by atoms with Gasteiger partial charge < -0.3 is 44.7 Å². The van der Waals surface area contributed by atoms with Crippen molar-refractivity contribution in [3.8, 4) is 17.2 Å². The van der Waals surface area contributed by atoms with E-state index in [4.69, 9.17) is 18.9 Å². The van der Waals surface area contributed by atoms with Crippen molar-refractivity contribution >= 4 is 35.3 Å². The molecular weight excluding hydrogens is 594 g/mol. The monoisotopic (exact) mass is 635 g/mol. The molecule has 13 heteroatoms. The van der Waals surface area contributed by atoms with E-state index in [1.807, 2.05) is 26.8 Å². The molecule has 1 fully saturated rings. The van der Waals surface area contributed by atoms with E-state index in [2.05, 4.69) is 26.1 Å². The molecule has 1 saturated heterocycles. The number of aliphatic carboxylic acids is 1. The molecule has 0 unspecified atom stereocenters. The van der Waals surface area contributed by atoms with Crippen LogP contribution in [0.25, 0.3) is 0 Å². The summed E-state index contributed by atoms with van der Waals surface area (Å²) in [7, 11) is 1.47. The second-order valence-electron chi connectivity index (χ2n) is 12.4. The fraction of sp³-hybridized carbons (Fsp3) is 0.516. The topological polar surface area (TPSA) is 181 Å². The van der Waals surface area contributed by atoms with E-state index < -0.39 is 48.1 Å². The summed E-state index contributed by atoms with van der Waals surface area (Å²) in [6, 6.07) is 10.1. The van der Waals surface area contributed by atoms with E-state index in [-0.39, 0.29) is 17.1 Å². The van der Waals surface area contributed by atoms with Crippen molar-refractivity contribution in [2.45, 2.75) is 89.2 Å². The normalized spacial score (nSPS) is 22.2. The second-order valence-corrected chi connectivity index (χ2v) is 14.2. The van der Waals surface area contributed by atoms with Gasteiger partial charge in [0.15, 0.2) is 17.6 Å². The molecule has 0 radical (unpaired) electrons. The molecule has 0 aliphatic carbocycles. The van der Waals surface area contributed by atoms with Gasteiger partial charge in [-0.3, -0.25) is 9.59 Å². The molecule has 2 aromatic carbocycles. The Labute approximate surface area is 260 Å². The molecule has 5 N–H and O–H groups in total. The van der Waals surface area contributed by atoms with Gasteiger partial charge >= 0.3 is 11.9 Å². The lowest BCUT2D eigenvalue weighted by Crippen LogP contribution is -2.60. The first-order valence-electron chi connectivity index (χ1n) is 13.9. The summed E-state index contributed by atoms with van der Waals surface area (Å²) in [6.45, 7) is 11.8. The second kappa shape index (κ2) is 14.2. The van der Waals surface area contributed by atoms with Crippen molar-refractivity contribution in [3.63, 3.8) is 0 Å². The Morgan fingerprint density at radius 1 is 0.909 bits per heavy atom. The van der Waals surface area contributed by atoms with Crippen molar-refractivity contribution < 1.29 is 53.8 Å². The number of esters is 1. The summed E-state index contributed by atoms with van der Waals surface area (Å²) >= 11 is 1.70. The van der Waals surface area contributed by atoms with Crippen LogP contribution in [0.15, 0.2) is 36.4 Å². The first-order chi connectivity index (χ1) is 20.4. The number of carbonyl (C=O) groups is 3. The Kier molecular flexibility index (Phi) is 11.3. The molecule has 3 rings (SSSR count). The maximum absolute atomic E-state index is 12.7. The molecule has 12 nitrogen and oxygen atoms in total. The van der Waals surface area contributed by atoms with Crippen LogP contribution in [0.4, 0.5) is 5.69 Å². The van der Waals surface area contributed by atoms with Crippen molar-refractivity contribution in [1.29, 1.82) is 0 Å². The summed E-state index contributed by atoms with van der Waals surface area (Å²) in [5.74, 6) is -0.838.